The van der Waals surface area contributed by atoms with Gasteiger partial charge in [-0.1, -0.05) is 0 Å². The Morgan fingerprint density at radius 1 is 1.12 bits per heavy atom. The molecular formula is C18H20N2O4S. The molecule has 1 amide bonds. The van der Waals surface area contributed by atoms with Gasteiger partial charge in [0.1, 0.15) is 5.75 Å². The van der Waals surface area contributed by atoms with Gasteiger partial charge in [0.2, 0.25) is 5.91 Å². The van der Waals surface area contributed by atoms with Crippen molar-refractivity contribution in [2.45, 2.75) is 24.7 Å². The summed E-state index contributed by atoms with van der Waals surface area (Å²) in [6, 6.07) is 11.5. The molecule has 3 rings (SSSR count). The lowest BCUT2D eigenvalue weighted by molar-refractivity contribution is -0.117. The van der Waals surface area contributed by atoms with Crippen molar-refractivity contribution >= 4 is 27.3 Å². The van der Waals surface area contributed by atoms with Crippen molar-refractivity contribution in [2.75, 3.05) is 23.3 Å². The van der Waals surface area contributed by atoms with E-state index >= 15 is 0 Å². The molecule has 132 valence electrons. The quantitative estimate of drug-likeness (QED) is 0.889. The summed E-state index contributed by atoms with van der Waals surface area (Å²) in [5.41, 5.74) is 1.97. The molecule has 1 N–H and O–H groups in total. The number of hydrogen-bond acceptors (Lipinski definition) is 4. The Morgan fingerprint density at radius 3 is 2.40 bits per heavy atom. The predicted molar refractivity (Wildman–Crippen MR) is 96.6 cm³/mol. The van der Waals surface area contributed by atoms with Crippen LogP contribution in [0.5, 0.6) is 5.75 Å². The van der Waals surface area contributed by atoms with Gasteiger partial charge in [0, 0.05) is 24.3 Å². The maximum atomic E-state index is 12.5. The minimum absolute atomic E-state index is 0.0991. The smallest absolute Gasteiger partial charge is 0.261 e. The SMILES string of the molecule is COc1ccc(S(=O)(=O)Nc2ccc(N3CCCC3=O)cc2)cc1C. The zero-order chi connectivity index (χ0) is 18.0. The Hall–Kier alpha value is -2.54. The minimum atomic E-state index is -3.69. The van der Waals surface area contributed by atoms with Crippen LogP contribution in [0.1, 0.15) is 18.4 Å². The van der Waals surface area contributed by atoms with E-state index in [2.05, 4.69) is 4.72 Å². The lowest BCUT2D eigenvalue weighted by Crippen LogP contribution is -2.23. The van der Waals surface area contributed by atoms with E-state index in [1.165, 1.54) is 6.07 Å². The van der Waals surface area contributed by atoms with E-state index in [0.717, 1.165) is 17.7 Å². The second-order valence-electron chi connectivity index (χ2n) is 5.93. The van der Waals surface area contributed by atoms with Gasteiger partial charge < -0.3 is 9.64 Å². The standard InChI is InChI=1S/C18H20N2O4S/c1-13-12-16(9-10-17(13)24-2)25(22,23)19-14-5-7-15(8-6-14)20-11-3-4-18(20)21/h5-10,12,19H,3-4,11H2,1-2H3. The van der Waals surface area contributed by atoms with Gasteiger partial charge >= 0.3 is 0 Å². The number of methoxy groups -OCH3 is 1. The van der Waals surface area contributed by atoms with Gasteiger partial charge in [-0.3, -0.25) is 9.52 Å². The van der Waals surface area contributed by atoms with Crippen molar-refractivity contribution in [2.24, 2.45) is 0 Å². The lowest BCUT2D eigenvalue weighted by atomic mass is 10.2. The van der Waals surface area contributed by atoms with Crippen LogP contribution >= 0.6 is 0 Å². The van der Waals surface area contributed by atoms with Crippen molar-refractivity contribution < 1.29 is 17.9 Å². The fraction of sp³-hybridized carbons (Fsp3) is 0.278. The molecule has 0 saturated carbocycles. The van der Waals surface area contributed by atoms with Crippen LogP contribution in [-0.4, -0.2) is 28.0 Å². The van der Waals surface area contributed by atoms with Gasteiger partial charge in [0.15, 0.2) is 0 Å². The number of nitrogens with zero attached hydrogens (tertiary/aromatic N) is 1. The van der Waals surface area contributed by atoms with Crippen molar-refractivity contribution in [1.82, 2.24) is 0 Å². The molecule has 1 aliphatic heterocycles. The minimum Gasteiger partial charge on any atom is -0.496 e. The van der Waals surface area contributed by atoms with E-state index in [1.54, 1.807) is 55.3 Å². The third kappa shape index (κ3) is 3.61. The molecule has 6 nitrogen and oxygen atoms in total. The first-order chi connectivity index (χ1) is 11.9. The Kier molecular flexibility index (Phi) is 4.67. The molecule has 0 aliphatic carbocycles. The Morgan fingerprint density at radius 2 is 1.84 bits per heavy atom. The fourth-order valence-electron chi connectivity index (χ4n) is 2.86. The first-order valence-corrected chi connectivity index (χ1v) is 9.47. The monoisotopic (exact) mass is 360 g/mol. The second-order valence-corrected chi connectivity index (χ2v) is 7.62. The third-order valence-corrected chi connectivity index (χ3v) is 5.56. The first kappa shape index (κ1) is 17.3. The molecule has 1 fully saturated rings. The number of ether oxygens (including phenoxy) is 1. The topological polar surface area (TPSA) is 75.7 Å². The van der Waals surface area contributed by atoms with E-state index in [-0.39, 0.29) is 10.8 Å². The van der Waals surface area contributed by atoms with Crippen LogP contribution in [0.2, 0.25) is 0 Å². The number of carbonyl (C=O) groups is 1. The largest absolute Gasteiger partial charge is 0.496 e. The first-order valence-electron chi connectivity index (χ1n) is 7.98. The summed E-state index contributed by atoms with van der Waals surface area (Å²) in [6.45, 7) is 2.49. The summed E-state index contributed by atoms with van der Waals surface area (Å²) < 4.78 is 32.8. The average Bonchev–Trinajstić information content (AvgIpc) is 3.01. The summed E-state index contributed by atoms with van der Waals surface area (Å²) in [6.07, 6.45) is 1.41. The number of nitrogens with one attached hydrogen (secondary N) is 1. The number of aryl methyl sites for hydroxylation is 1. The van der Waals surface area contributed by atoms with E-state index in [9.17, 15) is 13.2 Å². The second kappa shape index (κ2) is 6.76. The molecule has 2 aromatic rings. The van der Waals surface area contributed by atoms with Gasteiger partial charge in [-0.05, 0) is 61.4 Å². The highest BCUT2D eigenvalue weighted by Crippen LogP contribution is 2.26. The highest BCUT2D eigenvalue weighted by Gasteiger charge is 2.22. The van der Waals surface area contributed by atoms with Gasteiger partial charge in [0.05, 0.1) is 12.0 Å². The molecule has 1 saturated heterocycles. The number of rotatable bonds is 5. The molecule has 1 heterocycles. The van der Waals surface area contributed by atoms with Gasteiger partial charge in [-0.25, -0.2) is 8.42 Å². The van der Waals surface area contributed by atoms with Crippen LogP contribution in [0, 0.1) is 6.92 Å². The van der Waals surface area contributed by atoms with Crippen molar-refractivity contribution in [3.05, 3.63) is 48.0 Å². The Bertz CT molecular complexity index is 892. The number of carbonyl (C=O) groups excluding carboxylic acids is 1. The number of anilines is 2. The van der Waals surface area contributed by atoms with E-state index < -0.39 is 10.0 Å². The normalized spacial score (nSPS) is 14.6. The molecular weight excluding hydrogens is 340 g/mol. The number of benzene rings is 2. The summed E-state index contributed by atoms with van der Waals surface area (Å²) in [4.78, 5) is 13.6. The van der Waals surface area contributed by atoms with Crippen molar-refractivity contribution in [3.8, 4) is 5.75 Å². The Balaban J connectivity index is 1.79. The molecule has 0 spiro atoms. The average molecular weight is 360 g/mol. The summed E-state index contributed by atoms with van der Waals surface area (Å²) in [5.74, 6) is 0.737. The molecule has 0 aromatic heterocycles. The van der Waals surface area contributed by atoms with E-state index in [4.69, 9.17) is 4.74 Å². The van der Waals surface area contributed by atoms with E-state index in [0.29, 0.717) is 24.4 Å². The Labute approximate surface area is 147 Å². The molecule has 0 radical (unpaired) electrons. The number of amides is 1. The van der Waals surface area contributed by atoms with Gasteiger partial charge in [0.25, 0.3) is 10.0 Å². The van der Waals surface area contributed by atoms with Gasteiger partial charge in [-0.2, -0.15) is 0 Å². The van der Waals surface area contributed by atoms with Crippen LogP contribution in [0.3, 0.4) is 0 Å². The highest BCUT2D eigenvalue weighted by atomic mass is 32.2. The molecule has 0 atom stereocenters. The van der Waals surface area contributed by atoms with Crippen LogP contribution in [0.15, 0.2) is 47.4 Å². The summed E-state index contributed by atoms with van der Waals surface area (Å²) in [7, 11) is -2.15. The summed E-state index contributed by atoms with van der Waals surface area (Å²) in [5, 5.41) is 0. The molecule has 2 aromatic carbocycles. The third-order valence-electron chi connectivity index (χ3n) is 4.18. The number of sulfonamides is 1. The molecule has 0 unspecified atom stereocenters. The number of hydrogen-bond donors (Lipinski definition) is 1. The van der Waals surface area contributed by atoms with Crippen LogP contribution in [0.4, 0.5) is 11.4 Å². The zero-order valence-corrected chi connectivity index (χ0v) is 15.0. The van der Waals surface area contributed by atoms with Crippen LogP contribution in [-0.2, 0) is 14.8 Å². The van der Waals surface area contributed by atoms with Gasteiger partial charge in [-0.15, -0.1) is 0 Å². The maximum Gasteiger partial charge on any atom is 0.261 e. The maximum absolute atomic E-state index is 12.5. The highest BCUT2D eigenvalue weighted by molar-refractivity contribution is 7.92. The fourth-order valence-corrected chi connectivity index (χ4v) is 4.01. The predicted octanol–water partition coefficient (Wildman–Crippen LogP) is 2.93. The van der Waals surface area contributed by atoms with E-state index in [1.807, 2.05) is 0 Å². The van der Waals surface area contributed by atoms with Crippen molar-refractivity contribution in [1.29, 1.82) is 0 Å². The molecule has 0 bridgehead atoms. The lowest BCUT2D eigenvalue weighted by Gasteiger charge is -2.16. The molecule has 1 aliphatic rings. The zero-order valence-electron chi connectivity index (χ0n) is 14.2. The van der Waals surface area contributed by atoms with Crippen molar-refractivity contribution in [3.63, 3.8) is 0 Å². The van der Waals surface area contributed by atoms with Crippen LogP contribution < -0.4 is 14.4 Å². The molecule has 7 heteroatoms. The van der Waals surface area contributed by atoms with Crippen LogP contribution in [0.25, 0.3) is 0 Å². The summed E-state index contributed by atoms with van der Waals surface area (Å²) >= 11 is 0. The molecule has 25 heavy (non-hydrogen) atoms.